The summed E-state index contributed by atoms with van der Waals surface area (Å²) >= 11 is 0. The zero-order chi connectivity index (χ0) is 23.2. The van der Waals surface area contributed by atoms with Crippen molar-refractivity contribution in [2.24, 2.45) is 0 Å². The number of alkyl halides is 1. The van der Waals surface area contributed by atoms with E-state index in [4.69, 9.17) is 4.74 Å². The van der Waals surface area contributed by atoms with E-state index < -0.39 is 6.17 Å². The molecule has 1 saturated carbocycles. The highest BCUT2D eigenvalue weighted by Crippen LogP contribution is 2.40. The Bertz CT molecular complexity index is 1190. The summed E-state index contributed by atoms with van der Waals surface area (Å²) in [5.74, 6) is 1.24. The van der Waals surface area contributed by atoms with Gasteiger partial charge >= 0.3 is 0 Å². The summed E-state index contributed by atoms with van der Waals surface area (Å²) in [6, 6.07) is 7.51. The highest BCUT2D eigenvalue weighted by molar-refractivity contribution is 5.73. The molecule has 1 aliphatic carbocycles. The largest absolute Gasteiger partial charge is 0.507 e. The van der Waals surface area contributed by atoms with E-state index in [2.05, 4.69) is 30.2 Å². The smallest absolute Gasteiger partial charge is 0.216 e. The molecule has 3 fully saturated rings. The highest BCUT2D eigenvalue weighted by atomic mass is 19.1. The quantitative estimate of drug-likeness (QED) is 0.575. The summed E-state index contributed by atoms with van der Waals surface area (Å²) in [4.78, 5) is 19.7. The SMILES string of the molecule is COc1cc(-c2ccc(-c3cnc(N(C4CC4)[C@H]4C[C@@H]5CC[C@@H](N5)[C@H]4F)cn3)c(O)c2)ncn1. The Morgan fingerprint density at radius 2 is 1.91 bits per heavy atom. The molecule has 3 aromatic rings. The van der Waals surface area contributed by atoms with Gasteiger partial charge in [-0.3, -0.25) is 4.98 Å². The van der Waals surface area contributed by atoms with Crippen LogP contribution in [0.1, 0.15) is 32.1 Å². The predicted octanol–water partition coefficient (Wildman–Crippen LogP) is 3.51. The van der Waals surface area contributed by atoms with Gasteiger partial charge in [0.15, 0.2) is 0 Å². The average molecular weight is 463 g/mol. The lowest BCUT2D eigenvalue weighted by molar-refractivity contribution is 0.171. The van der Waals surface area contributed by atoms with E-state index in [1.807, 2.05) is 6.07 Å². The number of rotatable bonds is 6. The van der Waals surface area contributed by atoms with E-state index >= 15 is 4.39 Å². The second-order valence-corrected chi connectivity index (χ2v) is 9.37. The molecule has 4 heterocycles. The molecule has 9 heteroatoms. The monoisotopic (exact) mass is 462 g/mol. The first-order valence-electron chi connectivity index (χ1n) is 11.8. The molecule has 0 radical (unpaired) electrons. The normalized spacial score (nSPS) is 25.8. The first-order valence-corrected chi connectivity index (χ1v) is 11.8. The van der Waals surface area contributed by atoms with E-state index in [-0.39, 0.29) is 17.8 Å². The Morgan fingerprint density at radius 3 is 2.65 bits per heavy atom. The van der Waals surface area contributed by atoms with Crippen molar-refractivity contribution in [2.75, 3.05) is 12.0 Å². The van der Waals surface area contributed by atoms with Crippen LogP contribution in [0.25, 0.3) is 22.5 Å². The standard InChI is InChI=1S/C25H27FN6O2/c1-34-24-10-19(29-13-30-24)14-2-6-17(22(33)8-14)20-11-28-23(12-27-20)32(16-4-5-16)21-9-15-3-7-18(31-15)25(21)26/h2,6,8,10-13,15-16,18,21,25,31,33H,3-5,7,9H2,1H3/t15-,18+,21-,25+/m0/s1. The van der Waals surface area contributed by atoms with Gasteiger partial charge in [-0.25, -0.2) is 19.3 Å². The van der Waals surface area contributed by atoms with Gasteiger partial charge in [0, 0.05) is 35.3 Å². The van der Waals surface area contributed by atoms with Crippen LogP contribution in [0.3, 0.4) is 0 Å². The second-order valence-electron chi connectivity index (χ2n) is 9.37. The number of benzene rings is 1. The second kappa shape index (κ2) is 8.47. The molecule has 4 atom stereocenters. The van der Waals surface area contributed by atoms with E-state index in [9.17, 15) is 5.11 Å². The number of hydrogen-bond acceptors (Lipinski definition) is 8. The van der Waals surface area contributed by atoms with Crippen molar-refractivity contribution < 1.29 is 14.2 Å². The lowest BCUT2D eigenvalue weighted by Gasteiger charge is -2.41. The number of aromatic hydroxyl groups is 1. The fourth-order valence-electron chi connectivity index (χ4n) is 5.33. The summed E-state index contributed by atoms with van der Waals surface area (Å²) in [5.41, 5.74) is 2.52. The average Bonchev–Trinajstić information content (AvgIpc) is 3.62. The van der Waals surface area contributed by atoms with Crippen molar-refractivity contribution in [2.45, 2.75) is 62.4 Å². The minimum atomic E-state index is -0.905. The van der Waals surface area contributed by atoms with Gasteiger partial charge in [-0.05, 0) is 44.2 Å². The van der Waals surface area contributed by atoms with Crippen molar-refractivity contribution >= 4 is 5.82 Å². The molecule has 2 N–H and O–H groups in total. The summed E-state index contributed by atoms with van der Waals surface area (Å²) in [6.45, 7) is 0. The molecule has 8 nitrogen and oxygen atoms in total. The van der Waals surface area contributed by atoms with E-state index in [0.717, 1.165) is 37.7 Å². The topological polar surface area (TPSA) is 96.3 Å². The zero-order valence-corrected chi connectivity index (χ0v) is 18.9. The first kappa shape index (κ1) is 21.2. The molecule has 3 aliphatic rings. The number of ether oxygens (including phenoxy) is 1. The molecule has 0 amide bonds. The van der Waals surface area contributed by atoms with Gasteiger partial charge in [0.1, 0.15) is 24.1 Å². The number of hydrogen-bond donors (Lipinski definition) is 2. The van der Waals surface area contributed by atoms with Crippen LogP contribution >= 0.6 is 0 Å². The number of fused-ring (bicyclic) bond motifs is 2. The van der Waals surface area contributed by atoms with Crippen LogP contribution in [-0.2, 0) is 0 Å². The van der Waals surface area contributed by atoms with Gasteiger partial charge in [0.05, 0.1) is 36.9 Å². The van der Waals surface area contributed by atoms with Crippen LogP contribution in [0.15, 0.2) is 43.0 Å². The van der Waals surface area contributed by atoms with Gasteiger partial charge in [-0.2, -0.15) is 0 Å². The van der Waals surface area contributed by atoms with Gasteiger partial charge in [0.2, 0.25) is 5.88 Å². The van der Waals surface area contributed by atoms with Crippen molar-refractivity contribution in [1.29, 1.82) is 0 Å². The molecular formula is C25H27FN6O2. The van der Waals surface area contributed by atoms with Crippen LogP contribution in [0.4, 0.5) is 10.2 Å². The third kappa shape index (κ3) is 3.83. The summed E-state index contributed by atoms with van der Waals surface area (Å²) in [7, 11) is 1.54. The van der Waals surface area contributed by atoms with E-state index in [0.29, 0.717) is 40.7 Å². The van der Waals surface area contributed by atoms with Crippen LogP contribution in [0.2, 0.25) is 0 Å². The number of nitrogens with zero attached hydrogens (tertiary/aromatic N) is 5. The van der Waals surface area contributed by atoms with Gasteiger partial charge < -0.3 is 20.1 Å². The van der Waals surface area contributed by atoms with Crippen molar-refractivity contribution in [1.82, 2.24) is 25.3 Å². The minimum Gasteiger partial charge on any atom is -0.507 e. The van der Waals surface area contributed by atoms with E-state index in [1.165, 1.54) is 6.33 Å². The summed E-state index contributed by atoms with van der Waals surface area (Å²) < 4.78 is 20.4. The Hall–Kier alpha value is -3.33. The molecule has 1 aromatic carbocycles. The number of piperidine rings is 1. The lowest BCUT2D eigenvalue weighted by atomic mass is 9.96. The van der Waals surface area contributed by atoms with Gasteiger partial charge in [0.25, 0.3) is 0 Å². The highest BCUT2D eigenvalue weighted by Gasteiger charge is 2.48. The molecule has 0 unspecified atom stereocenters. The maximum atomic E-state index is 15.3. The maximum Gasteiger partial charge on any atom is 0.216 e. The summed E-state index contributed by atoms with van der Waals surface area (Å²) in [6.07, 6.45) is 8.76. The van der Waals surface area contributed by atoms with Gasteiger partial charge in [-0.1, -0.05) is 6.07 Å². The molecule has 2 aliphatic heterocycles. The molecule has 6 rings (SSSR count). The number of phenolic OH excluding ortho intramolecular Hbond substituents is 1. The minimum absolute atomic E-state index is 0.0532. The Balaban J connectivity index is 1.26. The van der Waals surface area contributed by atoms with Crippen molar-refractivity contribution in [3.63, 3.8) is 0 Å². The maximum absolute atomic E-state index is 15.3. The zero-order valence-electron chi connectivity index (χ0n) is 18.9. The fourth-order valence-corrected chi connectivity index (χ4v) is 5.33. The lowest BCUT2D eigenvalue weighted by Crippen LogP contribution is -2.57. The van der Waals surface area contributed by atoms with Crippen LogP contribution in [-0.4, -0.2) is 62.5 Å². The molecular weight excluding hydrogens is 435 g/mol. The molecule has 34 heavy (non-hydrogen) atoms. The molecule has 2 bridgehead atoms. The Kier molecular flexibility index (Phi) is 5.28. The van der Waals surface area contributed by atoms with Crippen LogP contribution in [0.5, 0.6) is 11.6 Å². The number of phenols is 1. The Labute approximate surface area is 197 Å². The predicted molar refractivity (Wildman–Crippen MR) is 125 cm³/mol. The van der Waals surface area contributed by atoms with E-state index in [1.54, 1.807) is 37.7 Å². The number of methoxy groups -OCH3 is 1. The fraction of sp³-hybridized carbons (Fsp3) is 0.440. The number of aromatic nitrogens is 4. The van der Waals surface area contributed by atoms with Crippen LogP contribution in [0, 0.1) is 0 Å². The third-order valence-electron chi connectivity index (χ3n) is 7.17. The Morgan fingerprint density at radius 1 is 1.03 bits per heavy atom. The molecule has 0 spiro atoms. The number of halogens is 1. The molecule has 2 saturated heterocycles. The van der Waals surface area contributed by atoms with Crippen molar-refractivity contribution in [3.8, 4) is 34.1 Å². The molecule has 176 valence electrons. The third-order valence-corrected chi connectivity index (χ3v) is 7.17. The van der Waals surface area contributed by atoms with Gasteiger partial charge in [-0.15, -0.1) is 0 Å². The van der Waals surface area contributed by atoms with Crippen LogP contribution < -0.4 is 15.0 Å². The number of anilines is 1. The van der Waals surface area contributed by atoms with Crippen molar-refractivity contribution in [3.05, 3.63) is 43.0 Å². The first-order chi connectivity index (χ1) is 16.6. The number of nitrogens with one attached hydrogen (secondary N) is 1. The summed E-state index contributed by atoms with van der Waals surface area (Å²) in [5, 5.41) is 14.1. The molecule has 2 aromatic heterocycles.